The second-order valence-electron chi connectivity index (χ2n) is 4.99. The third kappa shape index (κ3) is 4.80. The van der Waals surface area contributed by atoms with Gasteiger partial charge in [0, 0.05) is 32.0 Å². The average molecular weight is 287 g/mol. The highest BCUT2D eigenvalue weighted by molar-refractivity contribution is 5.85. The number of rotatable bonds is 5. The molecule has 1 unspecified atom stereocenters. The van der Waals surface area contributed by atoms with E-state index in [4.69, 9.17) is 0 Å². The summed E-state index contributed by atoms with van der Waals surface area (Å²) in [6.45, 7) is 4.72. The van der Waals surface area contributed by atoms with Crippen molar-refractivity contribution in [2.45, 2.75) is 19.3 Å². The quantitative estimate of drug-likeness (QED) is 0.870. The number of hydrogen-bond donors (Lipinski definition) is 2. The molecule has 0 saturated carbocycles. The van der Waals surface area contributed by atoms with Gasteiger partial charge in [-0.2, -0.15) is 0 Å². The van der Waals surface area contributed by atoms with Crippen LogP contribution >= 0.6 is 12.4 Å². The number of carbonyl (C=O) groups excluding carboxylic acids is 1. The van der Waals surface area contributed by atoms with Gasteiger partial charge in [0.25, 0.3) is 0 Å². The first-order chi connectivity index (χ1) is 8.65. The Morgan fingerprint density at radius 1 is 1.42 bits per heavy atom. The van der Waals surface area contributed by atoms with Crippen molar-refractivity contribution in [3.8, 4) is 0 Å². The number of halogens is 2. The fraction of sp³-hybridized carbons (Fsp3) is 0.500. The Morgan fingerprint density at radius 3 is 2.58 bits per heavy atom. The van der Waals surface area contributed by atoms with Crippen molar-refractivity contribution in [2.75, 3.05) is 19.6 Å². The van der Waals surface area contributed by atoms with E-state index < -0.39 is 0 Å². The van der Waals surface area contributed by atoms with E-state index in [0.717, 1.165) is 25.2 Å². The van der Waals surface area contributed by atoms with Gasteiger partial charge >= 0.3 is 0 Å². The standard InChI is InChI=1S/C14H19FN2O.ClH/c1-10(12-2-4-13(15)5-3-12)6-14(18)17-9-11-7-16-8-11;/h2-5,10-11,16H,6-9H2,1H3,(H,17,18);1H. The molecule has 1 amide bonds. The van der Waals surface area contributed by atoms with Crippen LogP contribution in [0.5, 0.6) is 0 Å². The summed E-state index contributed by atoms with van der Waals surface area (Å²) in [6.07, 6.45) is 0.450. The summed E-state index contributed by atoms with van der Waals surface area (Å²) in [5, 5.41) is 6.11. The fourth-order valence-electron chi connectivity index (χ4n) is 2.01. The maximum Gasteiger partial charge on any atom is 0.220 e. The average Bonchev–Trinajstić information content (AvgIpc) is 2.27. The molecule has 1 atom stereocenters. The summed E-state index contributed by atoms with van der Waals surface area (Å²) in [5.41, 5.74) is 0.997. The Kier molecular flexibility index (Phi) is 6.25. The van der Waals surface area contributed by atoms with Crippen molar-refractivity contribution in [2.24, 2.45) is 5.92 Å². The van der Waals surface area contributed by atoms with Gasteiger partial charge in [-0.25, -0.2) is 4.39 Å². The lowest BCUT2D eigenvalue weighted by Crippen LogP contribution is -2.48. The molecule has 2 N–H and O–H groups in total. The van der Waals surface area contributed by atoms with Crippen molar-refractivity contribution in [1.82, 2.24) is 10.6 Å². The van der Waals surface area contributed by atoms with Crippen LogP contribution in [0.2, 0.25) is 0 Å². The molecule has 19 heavy (non-hydrogen) atoms. The molecule has 1 saturated heterocycles. The highest BCUT2D eigenvalue weighted by Gasteiger charge is 2.18. The number of amides is 1. The summed E-state index contributed by atoms with van der Waals surface area (Å²) in [5.74, 6) is 0.520. The number of carbonyl (C=O) groups is 1. The lowest BCUT2D eigenvalue weighted by atomic mass is 9.97. The van der Waals surface area contributed by atoms with Crippen LogP contribution in [0.4, 0.5) is 4.39 Å². The van der Waals surface area contributed by atoms with E-state index >= 15 is 0 Å². The number of nitrogens with one attached hydrogen (secondary N) is 2. The molecule has 1 aromatic carbocycles. The topological polar surface area (TPSA) is 41.1 Å². The second kappa shape index (κ2) is 7.46. The lowest BCUT2D eigenvalue weighted by molar-refractivity contribution is -0.121. The highest BCUT2D eigenvalue weighted by Crippen LogP contribution is 2.19. The summed E-state index contributed by atoms with van der Waals surface area (Å²) in [4.78, 5) is 11.7. The van der Waals surface area contributed by atoms with Gasteiger partial charge < -0.3 is 10.6 Å². The first-order valence-corrected chi connectivity index (χ1v) is 6.38. The van der Waals surface area contributed by atoms with Gasteiger partial charge in [-0.1, -0.05) is 19.1 Å². The molecular weight excluding hydrogens is 267 g/mol. The number of benzene rings is 1. The molecular formula is C14H20ClFN2O. The monoisotopic (exact) mass is 286 g/mol. The van der Waals surface area contributed by atoms with Crippen LogP contribution < -0.4 is 10.6 Å². The van der Waals surface area contributed by atoms with Gasteiger partial charge in [0.1, 0.15) is 5.82 Å². The normalized spacial score (nSPS) is 16.1. The van der Waals surface area contributed by atoms with E-state index in [-0.39, 0.29) is 30.0 Å². The summed E-state index contributed by atoms with van der Waals surface area (Å²) < 4.78 is 12.8. The minimum atomic E-state index is -0.243. The van der Waals surface area contributed by atoms with Gasteiger partial charge in [0.05, 0.1) is 0 Å². The summed E-state index contributed by atoms with van der Waals surface area (Å²) >= 11 is 0. The Bertz CT molecular complexity index is 406. The Labute approximate surface area is 119 Å². The minimum Gasteiger partial charge on any atom is -0.356 e. The highest BCUT2D eigenvalue weighted by atomic mass is 35.5. The molecule has 0 spiro atoms. The maximum absolute atomic E-state index is 12.8. The molecule has 2 rings (SSSR count). The Balaban J connectivity index is 0.00000180. The third-order valence-corrected chi connectivity index (χ3v) is 3.38. The second-order valence-corrected chi connectivity index (χ2v) is 4.99. The maximum atomic E-state index is 12.8. The zero-order valence-electron chi connectivity index (χ0n) is 11.0. The summed E-state index contributed by atoms with van der Waals surface area (Å²) in [7, 11) is 0. The van der Waals surface area contributed by atoms with Crippen LogP contribution in [0.3, 0.4) is 0 Å². The SMILES string of the molecule is CC(CC(=O)NCC1CNC1)c1ccc(F)cc1.Cl. The largest absolute Gasteiger partial charge is 0.356 e. The van der Waals surface area contributed by atoms with Gasteiger partial charge in [-0.15, -0.1) is 12.4 Å². The van der Waals surface area contributed by atoms with Crippen molar-refractivity contribution >= 4 is 18.3 Å². The number of hydrogen-bond acceptors (Lipinski definition) is 2. The van der Waals surface area contributed by atoms with E-state index in [0.29, 0.717) is 12.3 Å². The molecule has 0 bridgehead atoms. The molecule has 3 nitrogen and oxygen atoms in total. The van der Waals surface area contributed by atoms with Crippen molar-refractivity contribution in [1.29, 1.82) is 0 Å². The molecule has 1 heterocycles. The Hall–Kier alpha value is -1.13. The van der Waals surface area contributed by atoms with E-state index in [2.05, 4.69) is 10.6 Å². The predicted octanol–water partition coefficient (Wildman–Crippen LogP) is 2.08. The molecule has 1 aliphatic heterocycles. The zero-order chi connectivity index (χ0) is 13.0. The molecule has 0 aromatic heterocycles. The zero-order valence-corrected chi connectivity index (χ0v) is 11.8. The van der Waals surface area contributed by atoms with E-state index in [1.165, 1.54) is 12.1 Å². The molecule has 1 fully saturated rings. The molecule has 5 heteroatoms. The van der Waals surface area contributed by atoms with Crippen molar-refractivity contribution in [3.63, 3.8) is 0 Å². The van der Waals surface area contributed by atoms with Crippen LogP contribution in [-0.4, -0.2) is 25.5 Å². The first kappa shape index (κ1) is 15.9. The smallest absolute Gasteiger partial charge is 0.220 e. The van der Waals surface area contributed by atoms with Gasteiger partial charge in [0.15, 0.2) is 0 Å². The van der Waals surface area contributed by atoms with Crippen LogP contribution in [0.25, 0.3) is 0 Å². The van der Waals surface area contributed by atoms with E-state index in [1.807, 2.05) is 6.92 Å². The van der Waals surface area contributed by atoms with Crippen LogP contribution in [0.15, 0.2) is 24.3 Å². The van der Waals surface area contributed by atoms with Crippen LogP contribution in [0.1, 0.15) is 24.8 Å². The first-order valence-electron chi connectivity index (χ1n) is 6.38. The van der Waals surface area contributed by atoms with Crippen LogP contribution in [0, 0.1) is 11.7 Å². The van der Waals surface area contributed by atoms with E-state index in [9.17, 15) is 9.18 Å². The molecule has 0 aliphatic carbocycles. The van der Waals surface area contributed by atoms with Crippen LogP contribution in [-0.2, 0) is 4.79 Å². The van der Waals surface area contributed by atoms with Crippen molar-refractivity contribution in [3.05, 3.63) is 35.6 Å². The van der Waals surface area contributed by atoms with E-state index in [1.54, 1.807) is 12.1 Å². The van der Waals surface area contributed by atoms with Gasteiger partial charge in [-0.3, -0.25) is 4.79 Å². The molecule has 1 aromatic rings. The van der Waals surface area contributed by atoms with Crippen molar-refractivity contribution < 1.29 is 9.18 Å². The molecule has 106 valence electrons. The van der Waals surface area contributed by atoms with Gasteiger partial charge in [0.2, 0.25) is 5.91 Å². The third-order valence-electron chi connectivity index (χ3n) is 3.38. The lowest BCUT2D eigenvalue weighted by Gasteiger charge is -2.27. The van der Waals surface area contributed by atoms with Gasteiger partial charge in [-0.05, 0) is 23.6 Å². The molecule has 0 radical (unpaired) electrons. The minimum absolute atomic E-state index is 0. The molecule has 1 aliphatic rings. The predicted molar refractivity (Wildman–Crippen MR) is 76.0 cm³/mol. The Morgan fingerprint density at radius 2 is 2.05 bits per heavy atom. The fourth-order valence-corrected chi connectivity index (χ4v) is 2.01. The summed E-state index contributed by atoms with van der Waals surface area (Å²) in [6, 6.07) is 6.35.